The van der Waals surface area contributed by atoms with Crippen molar-refractivity contribution in [2.45, 2.75) is 176 Å². The molecule has 0 radical (unpaired) electrons. The Morgan fingerprint density at radius 3 is 2.00 bits per heavy atom. The summed E-state index contributed by atoms with van der Waals surface area (Å²) < 4.78 is 29.2. The van der Waals surface area contributed by atoms with Gasteiger partial charge in [-0.3, -0.25) is 0 Å². The van der Waals surface area contributed by atoms with E-state index in [1.165, 1.54) is 0 Å². The number of fused-ring (bicyclic) bond motifs is 7. The van der Waals surface area contributed by atoms with Gasteiger partial charge in [0.15, 0.2) is 18.4 Å². The Bertz CT molecular complexity index is 1370. The zero-order valence-corrected chi connectivity index (χ0v) is 32.7. The third kappa shape index (κ3) is 6.82. The minimum atomic E-state index is -1.67. The number of ether oxygens (including phenoxy) is 5. The minimum Gasteiger partial charge on any atom is -0.394 e. The Morgan fingerprint density at radius 1 is 0.768 bits per heavy atom. The number of hydrogen-bond donors (Lipinski definition) is 12. The average Bonchev–Trinajstić information content (AvgIpc) is 3.59. The van der Waals surface area contributed by atoms with E-state index in [4.69, 9.17) is 23.7 Å². The van der Waals surface area contributed by atoms with Gasteiger partial charge in [0.05, 0.1) is 49.8 Å². The molecule has 17 heteroatoms. The molecule has 3 heterocycles. The second-order valence-electron chi connectivity index (χ2n) is 19.1. The predicted octanol–water partition coefficient (Wildman–Crippen LogP) is -2.55. The van der Waals surface area contributed by atoms with Crippen molar-refractivity contribution in [1.82, 2.24) is 0 Å². The summed E-state index contributed by atoms with van der Waals surface area (Å²) in [6, 6.07) is 0. The molecular weight excluding hydrogens is 740 g/mol. The molecule has 3 saturated heterocycles. The quantitative estimate of drug-likeness (QED) is 0.101. The molecular formula is C39H66O17. The second-order valence-corrected chi connectivity index (χ2v) is 19.1. The van der Waals surface area contributed by atoms with Gasteiger partial charge in [-0.2, -0.15) is 0 Å². The number of aliphatic hydroxyl groups is 12. The highest BCUT2D eigenvalue weighted by Gasteiger charge is 2.72. The average molecular weight is 807 g/mol. The van der Waals surface area contributed by atoms with Crippen molar-refractivity contribution in [2.24, 2.45) is 46.3 Å². The number of aliphatic hydroxyl groups excluding tert-OH is 10. The predicted molar refractivity (Wildman–Crippen MR) is 191 cm³/mol. The van der Waals surface area contributed by atoms with Gasteiger partial charge in [0.25, 0.3) is 0 Å². The molecule has 0 aromatic carbocycles. The molecule has 7 rings (SSSR count). The van der Waals surface area contributed by atoms with Crippen LogP contribution < -0.4 is 0 Å². The molecule has 56 heavy (non-hydrogen) atoms. The first-order chi connectivity index (χ1) is 26.2. The summed E-state index contributed by atoms with van der Waals surface area (Å²) in [5.74, 6) is -1.57. The van der Waals surface area contributed by atoms with Gasteiger partial charge in [-0.1, -0.05) is 27.7 Å². The largest absolute Gasteiger partial charge is 0.394 e. The highest BCUT2D eigenvalue weighted by Crippen LogP contribution is 2.71. The third-order valence-electron chi connectivity index (χ3n) is 16.1. The normalized spacial score (nSPS) is 57.5. The van der Waals surface area contributed by atoms with E-state index in [0.717, 1.165) is 12.8 Å². The Hall–Kier alpha value is -0.680. The van der Waals surface area contributed by atoms with Crippen LogP contribution in [0, 0.1) is 46.3 Å². The van der Waals surface area contributed by atoms with Crippen molar-refractivity contribution >= 4 is 0 Å². The van der Waals surface area contributed by atoms with E-state index >= 15 is 0 Å². The highest BCUT2D eigenvalue weighted by molar-refractivity contribution is 5.20. The van der Waals surface area contributed by atoms with Crippen molar-refractivity contribution in [3.05, 3.63) is 0 Å². The first kappa shape index (κ1) is 43.4. The molecule has 4 aliphatic carbocycles. The van der Waals surface area contributed by atoms with E-state index in [0.29, 0.717) is 25.7 Å². The molecule has 7 fully saturated rings. The minimum absolute atomic E-state index is 0.0122. The Labute approximate surface area is 327 Å². The fourth-order valence-electron chi connectivity index (χ4n) is 12.7. The fourth-order valence-corrected chi connectivity index (χ4v) is 12.7. The zero-order chi connectivity index (χ0) is 40.9. The van der Waals surface area contributed by atoms with Gasteiger partial charge >= 0.3 is 0 Å². The van der Waals surface area contributed by atoms with Crippen LogP contribution in [0.1, 0.15) is 79.1 Å². The van der Waals surface area contributed by atoms with Crippen LogP contribution in [0.25, 0.3) is 0 Å². The van der Waals surface area contributed by atoms with Crippen LogP contribution in [0.2, 0.25) is 0 Å². The van der Waals surface area contributed by atoms with Gasteiger partial charge in [-0.25, -0.2) is 0 Å². The molecule has 4 saturated carbocycles. The lowest BCUT2D eigenvalue weighted by Gasteiger charge is -2.66. The monoisotopic (exact) mass is 806 g/mol. The van der Waals surface area contributed by atoms with Crippen LogP contribution in [-0.2, 0) is 23.7 Å². The first-order valence-corrected chi connectivity index (χ1v) is 20.6. The van der Waals surface area contributed by atoms with E-state index < -0.39 is 110 Å². The van der Waals surface area contributed by atoms with Gasteiger partial charge in [0, 0.05) is 24.2 Å². The van der Waals surface area contributed by atoms with Crippen molar-refractivity contribution in [3.8, 4) is 0 Å². The van der Waals surface area contributed by atoms with Crippen LogP contribution in [0.15, 0.2) is 0 Å². The molecule has 24 atom stereocenters. The summed E-state index contributed by atoms with van der Waals surface area (Å²) in [5, 5.41) is 128. The Balaban J connectivity index is 0.984. The fraction of sp³-hybridized carbons (Fsp3) is 1.00. The molecule has 324 valence electrons. The molecule has 0 aromatic rings. The lowest BCUT2D eigenvalue weighted by Crippen LogP contribution is -2.71. The maximum Gasteiger partial charge on any atom is 0.187 e. The van der Waals surface area contributed by atoms with Gasteiger partial charge in [-0.15, -0.1) is 0 Å². The van der Waals surface area contributed by atoms with E-state index in [1.54, 1.807) is 0 Å². The lowest BCUT2D eigenvalue weighted by molar-refractivity contribution is -0.340. The van der Waals surface area contributed by atoms with Crippen LogP contribution in [-0.4, -0.2) is 178 Å². The third-order valence-corrected chi connectivity index (χ3v) is 16.1. The van der Waals surface area contributed by atoms with Crippen molar-refractivity contribution < 1.29 is 85.0 Å². The SMILES string of the molecule is C[C@H](CC[C@@]1(O)O[C@H]2C[C@H]3[C@@H]4C[C@@H](O)[C@@]5(O)C[C@@H](O[C@@H]6O[C@H](CO)[C@@H](O)[C@H](O)[C@H]6O)[C@H](O)C[C@]5(C)[C@H]4CC[C@]3(C)[C@H]2[C@@H]1C)CO[C@@H]1O[C@H](CO)[C@@H](O)[C@H](O)[C@H]1O. The number of hydrogen-bond acceptors (Lipinski definition) is 17. The van der Waals surface area contributed by atoms with E-state index in [2.05, 4.69) is 6.92 Å². The van der Waals surface area contributed by atoms with Crippen molar-refractivity contribution in [3.63, 3.8) is 0 Å². The first-order valence-electron chi connectivity index (χ1n) is 20.6. The van der Waals surface area contributed by atoms with Gasteiger partial charge < -0.3 is 85.0 Å². The van der Waals surface area contributed by atoms with Crippen molar-refractivity contribution in [2.75, 3.05) is 19.8 Å². The summed E-state index contributed by atoms with van der Waals surface area (Å²) in [6.45, 7) is 7.08. The van der Waals surface area contributed by atoms with Crippen LogP contribution in [0.4, 0.5) is 0 Å². The topological polar surface area (TPSA) is 289 Å². The van der Waals surface area contributed by atoms with Crippen LogP contribution in [0.5, 0.6) is 0 Å². The zero-order valence-electron chi connectivity index (χ0n) is 32.7. The van der Waals surface area contributed by atoms with Gasteiger partial charge in [0.1, 0.15) is 48.8 Å². The molecule has 0 amide bonds. The molecule has 3 aliphatic heterocycles. The smallest absolute Gasteiger partial charge is 0.187 e. The van der Waals surface area contributed by atoms with Crippen LogP contribution in [0.3, 0.4) is 0 Å². The summed E-state index contributed by atoms with van der Waals surface area (Å²) >= 11 is 0. The van der Waals surface area contributed by atoms with E-state index in [9.17, 15) is 61.3 Å². The van der Waals surface area contributed by atoms with Crippen LogP contribution >= 0.6 is 0 Å². The van der Waals surface area contributed by atoms with E-state index in [1.807, 2.05) is 20.8 Å². The lowest BCUT2D eigenvalue weighted by atomic mass is 9.42. The maximum absolute atomic E-state index is 12.4. The standard InChI is InChI=1S/C39H66O17/c1-16(15-52-34-32(48)30(46)28(44)24(13-40)54-34)5-8-39(51)17(2)27-22(56-39)10-20-18-9-26(43)38(50)12-23(53-35-33(49)31(47)29(45)25(14-41)55-35)21(42)11-37(38,4)19(18)6-7-36(20,27)3/h16-35,40-51H,5-15H2,1-4H3/t16-,17+,18-,19+,20+,21-,22+,23-,24-,25-,26-,27+,28-,29-,30+,31+,32-,33-,34-,35-,36+,37-,38+,39-/m1/s1. The molecule has 0 spiro atoms. The molecule has 0 aromatic heterocycles. The summed E-state index contributed by atoms with van der Waals surface area (Å²) in [4.78, 5) is 0. The Kier molecular flexibility index (Phi) is 12.1. The molecule has 7 aliphatic rings. The molecule has 0 bridgehead atoms. The summed E-state index contributed by atoms with van der Waals surface area (Å²) in [7, 11) is 0. The summed E-state index contributed by atoms with van der Waals surface area (Å²) in [5.41, 5.74) is -2.77. The Morgan fingerprint density at radius 2 is 1.38 bits per heavy atom. The molecule has 17 nitrogen and oxygen atoms in total. The van der Waals surface area contributed by atoms with E-state index in [-0.39, 0.29) is 66.5 Å². The maximum atomic E-state index is 12.4. The molecule has 12 N–H and O–H groups in total. The van der Waals surface area contributed by atoms with Gasteiger partial charge in [0.2, 0.25) is 0 Å². The highest BCUT2D eigenvalue weighted by atomic mass is 16.7. The number of rotatable bonds is 10. The second kappa shape index (κ2) is 15.7. The summed E-state index contributed by atoms with van der Waals surface area (Å²) in [6.07, 6.45) is -14.6. The van der Waals surface area contributed by atoms with Gasteiger partial charge in [-0.05, 0) is 73.5 Å². The molecule has 0 unspecified atom stereocenters. The van der Waals surface area contributed by atoms with Crippen molar-refractivity contribution in [1.29, 1.82) is 0 Å².